The first kappa shape index (κ1) is 12.7. The Bertz CT molecular complexity index is 831. The van der Waals surface area contributed by atoms with Crippen LogP contribution in [0.15, 0.2) is 45.0 Å². The van der Waals surface area contributed by atoms with Gasteiger partial charge in [-0.05, 0) is 25.0 Å². The molecule has 0 N–H and O–H groups in total. The van der Waals surface area contributed by atoms with Crippen molar-refractivity contribution in [1.82, 2.24) is 19.3 Å². The summed E-state index contributed by atoms with van der Waals surface area (Å²) in [5.41, 5.74) is 1.47. The van der Waals surface area contributed by atoms with Gasteiger partial charge in [0, 0.05) is 18.3 Å². The van der Waals surface area contributed by atoms with Crippen LogP contribution in [0.5, 0.6) is 0 Å². The Morgan fingerprint density at radius 3 is 3.05 bits per heavy atom. The lowest BCUT2D eigenvalue weighted by Gasteiger charge is -2.04. The molecule has 1 saturated carbocycles. The van der Waals surface area contributed by atoms with E-state index in [0.29, 0.717) is 18.2 Å². The molecule has 0 unspecified atom stereocenters. The van der Waals surface area contributed by atoms with Gasteiger partial charge in [-0.2, -0.15) is 0 Å². The summed E-state index contributed by atoms with van der Waals surface area (Å²) in [6.45, 7) is 0.595. The molecule has 4 rings (SSSR count). The van der Waals surface area contributed by atoms with Crippen molar-refractivity contribution in [1.29, 1.82) is 0 Å². The Hall–Kier alpha value is -2.02. The molecule has 0 aliphatic heterocycles. The van der Waals surface area contributed by atoms with Crippen molar-refractivity contribution >= 4 is 22.9 Å². The highest BCUT2D eigenvalue weighted by atomic mass is 32.2. The smallest absolute Gasteiger partial charge is 0.408 e. The van der Waals surface area contributed by atoms with E-state index in [0.717, 1.165) is 16.4 Å². The van der Waals surface area contributed by atoms with E-state index in [1.807, 2.05) is 24.3 Å². The van der Waals surface area contributed by atoms with Gasteiger partial charge in [0.1, 0.15) is 6.33 Å². The van der Waals surface area contributed by atoms with Gasteiger partial charge in [0.25, 0.3) is 0 Å². The van der Waals surface area contributed by atoms with Gasteiger partial charge >= 0.3 is 5.76 Å². The monoisotopic (exact) mass is 302 g/mol. The Kier molecular flexibility index (Phi) is 3.07. The molecule has 1 aromatic carbocycles. The number of nitrogens with zero attached hydrogens (tertiary/aromatic N) is 4. The van der Waals surface area contributed by atoms with Gasteiger partial charge in [0.05, 0.1) is 5.52 Å². The number of hydrogen-bond donors (Lipinski definition) is 0. The van der Waals surface area contributed by atoms with Crippen molar-refractivity contribution in [3.05, 3.63) is 41.1 Å². The fourth-order valence-electron chi connectivity index (χ4n) is 2.39. The molecular weight excluding hydrogens is 288 g/mol. The predicted octanol–water partition coefficient (Wildman–Crippen LogP) is 2.31. The molecule has 0 spiro atoms. The summed E-state index contributed by atoms with van der Waals surface area (Å²) in [5.74, 6) is 0.454. The molecule has 2 heterocycles. The number of thioether (sulfide) groups is 1. The molecule has 2 aromatic heterocycles. The highest BCUT2D eigenvalue weighted by Gasteiger charge is 2.26. The summed E-state index contributed by atoms with van der Waals surface area (Å²) in [7, 11) is 0. The van der Waals surface area contributed by atoms with Gasteiger partial charge in [-0.3, -0.25) is 4.57 Å². The molecule has 0 amide bonds. The molecule has 1 aliphatic rings. The molecule has 3 aromatic rings. The fraction of sp³-hybridized carbons (Fsp3) is 0.357. The normalized spacial score (nSPS) is 14.9. The van der Waals surface area contributed by atoms with Gasteiger partial charge < -0.3 is 8.98 Å². The molecule has 0 atom stereocenters. The Morgan fingerprint density at radius 2 is 2.19 bits per heavy atom. The zero-order valence-corrected chi connectivity index (χ0v) is 12.1. The van der Waals surface area contributed by atoms with E-state index in [2.05, 4.69) is 14.8 Å². The van der Waals surface area contributed by atoms with E-state index in [4.69, 9.17) is 4.42 Å². The minimum absolute atomic E-state index is 0.305. The maximum absolute atomic E-state index is 11.9. The van der Waals surface area contributed by atoms with Gasteiger partial charge in [0.15, 0.2) is 10.7 Å². The highest BCUT2D eigenvalue weighted by Crippen LogP contribution is 2.37. The number of aromatic nitrogens is 4. The molecule has 6 nitrogen and oxygen atoms in total. The third-order valence-corrected chi connectivity index (χ3v) is 4.54. The minimum Gasteiger partial charge on any atom is -0.408 e. The number of aryl methyl sites for hydroxylation is 1. The number of benzene rings is 1. The number of para-hydroxylation sites is 2. The molecule has 0 radical (unpaired) electrons. The van der Waals surface area contributed by atoms with E-state index < -0.39 is 0 Å². The molecule has 7 heteroatoms. The van der Waals surface area contributed by atoms with E-state index in [1.165, 1.54) is 12.8 Å². The predicted molar refractivity (Wildman–Crippen MR) is 79.5 cm³/mol. The van der Waals surface area contributed by atoms with Gasteiger partial charge in [-0.25, -0.2) is 4.79 Å². The van der Waals surface area contributed by atoms with Crippen LogP contribution < -0.4 is 5.76 Å². The lowest BCUT2D eigenvalue weighted by molar-refractivity contribution is 0.514. The second-order valence-electron chi connectivity index (χ2n) is 5.09. The zero-order chi connectivity index (χ0) is 14.2. The minimum atomic E-state index is -0.305. The third-order valence-electron chi connectivity index (χ3n) is 3.60. The summed E-state index contributed by atoms with van der Waals surface area (Å²) < 4.78 is 9.02. The lowest BCUT2D eigenvalue weighted by atomic mass is 10.3. The largest absolute Gasteiger partial charge is 0.419 e. The second kappa shape index (κ2) is 5.07. The first-order valence-corrected chi connectivity index (χ1v) is 7.92. The number of fused-ring (bicyclic) bond motifs is 1. The average Bonchev–Trinajstić information content (AvgIpc) is 3.15. The van der Waals surface area contributed by atoms with Crippen LogP contribution in [0, 0.1) is 0 Å². The maximum atomic E-state index is 11.9. The van der Waals surface area contributed by atoms with Crippen LogP contribution in [-0.2, 0) is 6.54 Å². The van der Waals surface area contributed by atoms with Crippen molar-refractivity contribution in [3.63, 3.8) is 0 Å². The van der Waals surface area contributed by atoms with E-state index in [9.17, 15) is 4.79 Å². The zero-order valence-electron chi connectivity index (χ0n) is 11.3. The first-order valence-electron chi connectivity index (χ1n) is 6.93. The van der Waals surface area contributed by atoms with E-state index >= 15 is 0 Å². The third kappa shape index (κ3) is 2.37. The van der Waals surface area contributed by atoms with Gasteiger partial charge in [0.2, 0.25) is 0 Å². The van der Waals surface area contributed by atoms with Crippen LogP contribution in [0.2, 0.25) is 0 Å². The number of oxazole rings is 1. The summed E-state index contributed by atoms with van der Waals surface area (Å²) in [4.78, 5) is 11.9. The molecule has 0 bridgehead atoms. The molecule has 1 aliphatic carbocycles. The van der Waals surface area contributed by atoms with Crippen molar-refractivity contribution in [2.75, 3.05) is 5.75 Å². The molecular formula is C14H14N4O2S. The van der Waals surface area contributed by atoms with E-state index in [1.54, 1.807) is 22.7 Å². The molecule has 21 heavy (non-hydrogen) atoms. The van der Waals surface area contributed by atoms with Crippen molar-refractivity contribution in [2.24, 2.45) is 0 Å². The van der Waals surface area contributed by atoms with Gasteiger partial charge in [-0.1, -0.05) is 23.9 Å². The van der Waals surface area contributed by atoms with Crippen LogP contribution in [0.1, 0.15) is 18.9 Å². The van der Waals surface area contributed by atoms with Gasteiger partial charge in [-0.15, -0.1) is 10.2 Å². The average molecular weight is 302 g/mol. The van der Waals surface area contributed by atoms with Crippen LogP contribution in [0.3, 0.4) is 0 Å². The Morgan fingerprint density at radius 1 is 1.33 bits per heavy atom. The molecule has 1 fully saturated rings. The first-order chi connectivity index (χ1) is 10.3. The maximum Gasteiger partial charge on any atom is 0.419 e. The summed E-state index contributed by atoms with van der Waals surface area (Å²) in [5, 5.41) is 9.05. The lowest BCUT2D eigenvalue weighted by Crippen LogP contribution is -2.15. The van der Waals surface area contributed by atoms with Crippen LogP contribution in [0.4, 0.5) is 0 Å². The number of hydrogen-bond acceptors (Lipinski definition) is 5. The fourth-order valence-corrected chi connectivity index (χ4v) is 3.30. The quantitative estimate of drug-likeness (QED) is 0.677. The summed E-state index contributed by atoms with van der Waals surface area (Å²) in [6, 6.07) is 8.05. The standard InChI is InChI=1S/C14H14N4O2S/c19-14-17(11-3-1-2-4-12(11)20-14)7-8-21-13-16-15-9-18(13)10-5-6-10/h1-4,9-10H,5-8H2. The van der Waals surface area contributed by atoms with Crippen LogP contribution in [-0.4, -0.2) is 25.1 Å². The van der Waals surface area contributed by atoms with Crippen LogP contribution in [0.25, 0.3) is 11.1 Å². The Balaban J connectivity index is 1.50. The molecule has 108 valence electrons. The van der Waals surface area contributed by atoms with Crippen molar-refractivity contribution in [3.8, 4) is 0 Å². The highest BCUT2D eigenvalue weighted by molar-refractivity contribution is 7.99. The van der Waals surface area contributed by atoms with Crippen molar-refractivity contribution in [2.45, 2.75) is 30.6 Å². The second-order valence-corrected chi connectivity index (χ2v) is 6.15. The number of rotatable bonds is 5. The van der Waals surface area contributed by atoms with Crippen molar-refractivity contribution < 1.29 is 4.42 Å². The molecule has 0 saturated heterocycles. The van der Waals surface area contributed by atoms with E-state index in [-0.39, 0.29) is 5.76 Å². The summed E-state index contributed by atoms with van der Waals surface area (Å²) >= 11 is 1.63. The Labute approximate surface area is 124 Å². The summed E-state index contributed by atoms with van der Waals surface area (Å²) in [6.07, 6.45) is 4.20. The topological polar surface area (TPSA) is 65.8 Å². The SMILES string of the molecule is O=c1oc2ccccc2n1CCSc1nncn1C1CC1. The van der Waals surface area contributed by atoms with Crippen LogP contribution >= 0.6 is 11.8 Å².